The molecule has 0 unspecified atom stereocenters. The fourth-order valence-corrected chi connectivity index (χ4v) is 2.22. The standard InChI is InChI=1S/C11H12BrNO4/c1-15-13-5-8-9(12)4-7(6-14)10-11(8)17-3-2-16-10/h4,6,13H,2-3,5H2,1H3. The largest absolute Gasteiger partial charge is 0.486 e. The van der Waals surface area contributed by atoms with E-state index in [2.05, 4.69) is 21.4 Å². The first-order valence-electron chi connectivity index (χ1n) is 5.10. The van der Waals surface area contributed by atoms with Crippen LogP contribution in [0.25, 0.3) is 0 Å². The molecule has 92 valence electrons. The van der Waals surface area contributed by atoms with E-state index in [1.165, 1.54) is 7.11 Å². The predicted octanol–water partition coefficient (Wildman–Crippen LogP) is 1.68. The number of nitrogens with one attached hydrogen (secondary N) is 1. The van der Waals surface area contributed by atoms with Gasteiger partial charge in [0.15, 0.2) is 17.8 Å². The fourth-order valence-electron chi connectivity index (χ4n) is 1.65. The zero-order valence-corrected chi connectivity index (χ0v) is 10.9. The maximum absolute atomic E-state index is 11.0. The van der Waals surface area contributed by atoms with E-state index < -0.39 is 0 Å². The molecule has 0 amide bonds. The van der Waals surface area contributed by atoms with Gasteiger partial charge in [-0.1, -0.05) is 15.9 Å². The lowest BCUT2D eigenvalue weighted by Crippen LogP contribution is -2.20. The summed E-state index contributed by atoms with van der Waals surface area (Å²) < 4.78 is 11.8. The van der Waals surface area contributed by atoms with Crippen LogP contribution in [0.2, 0.25) is 0 Å². The van der Waals surface area contributed by atoms with Gasteiger partial charge in [-0.15, -0.1) is 0 Å². The van der Waals surface area contributed by atoms with Gasteiger partial charge in [-0.25, -0.2) is 0 Å². The number of fused-ring (bicyclic) bond motifs is 1. The molecule has 17 heavy (non-hydrogen) atoms. The Kier molecular flexibility index (Phi) is 3.98. The van der Waals surface area contributed by atoms with E-state index >= 15 is 0 Å². The molecule has 0 spiro atoms. The second-order valence-electron chi connectivity index (χ2n) is 3.42. The van der Waals surface area contributed by atoms with Crippen molar-refractivity contribution in [1.82, 2.24) is 5.48 Å². The molecule has 0 saturated carbocycles. The van der Waals surface area contributed by atoms with Gasteiger partial charge in [-0.05, 0) is 6.07 Å². The number of halogens is 1. The van der Waals surface area contributed by atoms with E-state index in [9.17, 15) is 4.79 Å². The molecule has 0 saturated heterocycles. The minimum absolute atomic E-state index is 0.451. The number of carbonyl (C=O) groups excluding carboxylic acids is 1. The van der Waals surface area contributed by atoms with Crippen molar-refractivity contribution >= 4 is 22.2 Å². The summed E-state index contributed by atoms with van der Waals surface area (Å²) in [6.07, 6.45) is 0.756. The lowest BCUT2D eigenvalue weighted by molar-refractivity contribution is 0.0846. The summed E-state index contributed by atoms with van der Waals surface area (Å²) in [5.74, 6) is 1.10. The summed E-state index contributed by atoms with van der Waals surface area (Å²) in [6, 6.07) is 1.72. The highest BCUT2D eigenvalue weighted by Crippen LogP contribution is 2.40. The summed E-state index contributed by atoms with van der Waals surface area (Å²) in [5, 5.41) is 0. The van der Waals surface area contributed by atoms with Crippen LogP contribution < -0.4 is 15.0 Å². The van der Waals surface area contributed by atoms with E-state index in [4.69, 9.17) is 14.3 Å². The van der Waals surface area contributed by atoms with Crippen molar-refractivity contribution < 1.29 is 19.1 Å². The highest BCUT2D eigenvalue weighted by molar-refractivity contribution is 9.10. The molecule has 1 heterocycles. The van der Waals surface area contributed by atoms with Gasteiger partial charge >= 0.3 is 0 Å². The van der Waals surface area contributed by atoms with Gasteiger partial charge in [0, 0.05) is 10.0 Å². The van der Waals surface area contributed by atoms with Crippen molar-refractivity contribution in [2.45, 2.75) is 6.54 Å². The lowest BCUT2D eigenvalue weighted by atomic mass is 10.1. The number of carbonyl (C=O) groups is 1. The summed E-state index contributed by atoms with van der Waals surface area (Å²) in [4.78, 5) is 15.8. The Morgan fingerprint density at radius 2 is 2.18 bits per heavy atom. The quantitative estimate of drug-likeness (QED) is 0.677. The van der Waals surface area contributed by atoms with Gasteiger partial charge in [-0.2, -0.15) is 5.48 Å². The molecule has 2 rings (SSSR count). The van der Waals surface area contributed by atoms with Crippen LogP contribution in [0.1, 0.15) is 15.9 Å². The Balaban J connectivity index is 2.47. The Hall–Kier alpha value is -1.11. The molecule has 1 N–H and O–H groups in total. The van der Waals surface area contributed by atoms with Crippen LogP contribution in [0.4, 0.5) is 0 Å². The van der Waals surface area contributed by atoms with Gasteiger partial charge < -0.3 is 14.3 Å². The number of rotatable bonds is 4. The van der Waals surface area contributed by atoms with Crippen molar-refractivity contribution in [1.29, 1.82) is 0 Å². The van der Waals surface area contributed by atoms with Crippen molar-refractivity contribution in [3.8, 4) is 11.5 Å². The van der Waals surface area contributed by atoms with Gasteiger partial charge in [-0.3, -0.25) is 4.79 Å². The van der Waals surface area contributed by atoms with Gasteiger partial charge in [0.2, 0.25) is 0 Å². The minimum Gasteiger partial charge on any atom is -0.486 e. The van der Waals surface area contributed by atoms with Gasteiger partial charge in [0.25, 0.3) is 0 Å². The maximum atomic E-state index is 11.0. The second-order valence-corrected chi connectivity index (χ2v) is 4.28. The van der Waals surface area contributed by atoms with E-state index in [1.54, 1.807) is 6.07 Å². The molecule has 1 aliphatic heterocycles. The molecule has 0 fully saturated rings. The first-order valence-corrected chi connectivity index (χ1v) is 5.89. The normalized spacial score (nSPS) is 13.5. The molecule has 1 aromatic rings. The Labute approximate surface area is 107 Å². The highest BCUT2D eigenvalue weighted by atomic mass is 79.9. The van der Waals surface area contributed by atoms with Gasteiger partial charge in [0.05, 0.1) is 19.2 Å². The summed E-state index contributed by atoms with van der Waals surface area (Å²) in [7, 11) is 1.54. The zero-order valence-electron chi connectivity index (χ0n) is 9.29. The second kappa shape index (κ2) is 5.48. The summed E-state index contributed by atoms with van der Waals surface area (Å²) >= 11 is 3.41. The van der Waals surface area contributed by atoms with Crippen LogP contribution in [0.5, 0.6) is 11.5 Å². The third kappa shape index (κ3) is 2.43. The van der Waals surface area contributed by atoms with Crippen LogP contribution in [-0.4, -0.2) is 26.6 Å². The third-order valence-electron chi connectivity index (χ3n) is 2.41. The first-order chi connectivity index (χ1) is 8.27. The van der Waals surface area contributed by atoms with Crippen LogP contribution in [-0.2, 0) is 11.4 Å². The fraction of sp³-hybridized carbons (Fsp3) is 0.364. The highest BCUT2D eigenvalue weighted by Gasteiger charge is 2.22. The average Bonchev–Trinajstić information content (AvgIpc) is 2.37. The van der Waals surface area contributed by atoms with Gasteiger partial charge in [0.1, 0.15) is 13.2 Å². The predicted molar refractivity (Wildman–Crippen MR) is 64.4 cm³/mol. The van der Waals surface area contributed by atoms with Crippen molar-refractivity contribution in [3.05, 3.63) is 21.7 Å². The van der Waals surface area contributed by atoms with E-state index in [-0.39, 0.29) is 0 Å². The topological polar surface area (TPSA) is 56.8 Å². The molecule has 0 aromatic heterocycles. The molecule has 0 radical (unpaired) electrons. The Morgan fingerprint density at radius 1 is 1.47 bits per heavy atom. The van der Waals surface area contributed by atoms with Crippen LogP contribution in [0.3, 0.4) is 0 Å². The third-order valence-corrected chi connectivity index (χ3v) is 3.12. The SMILES string of the molecule is CONCc1c(Br)cc(C=O)c2c1OCCO2. The monoisotopic (exact) mass is 301 g/mol. The van der Waals surface area contributed by atoms with E-state index in [0.29, 0.717) is 36.8 Å². The molecular formula is C11H12BrNO4. The Bertz CT molecular complexity index is 436. The number of aldehydes is 1. The molecule has 1 aromatic carbocycles. The number of ether oxygens (including phenoxy) is 2. The van der Waals surface area contributed by atoms with Crippen LogP contribution in [0.15, 0.2) is 10.5 Å². The number of hydrogen-bond donors (Lipinski definition) is 1. The van der Waals surface area contributed by atoms with Crippen LogP contribution >= 0.6 is 15.9 Å². The molecule has 0 aliphatic carbocycles. The Morgan fingerprint density at radius 3 is 2.82 bits per heavy atom. The van der Waals surface area contributed by atoms with E-state index in [0.717, 1.165) is 16.3 Å². The summed E-state index contributed by atoms with van der Waals surface area (Å²) in [5.41, 5.74) is 4.09. The van der Waals surface area contributed by atoms with Crippen molar-refractivity contribution in [2.75, 3.05) is 20.3 Å². The lowest BCUT2D eigenvalue weighted by Gasteiger charge is -2.23. The van der Waals surface area contributed by atoms with E-state index in [1.807, 2.05) is 0 Å². The number of benzene rings is 1. The molecule has 0 bridgehead atoms. The molecule has 0 atom stereocenters. The average molecular weight is 302 g/mol. The first kappa shape index (κ1) is 12.3. The zero-order chi connectivity index (χ0) is 12.3. The molecular weight excluding hydrogens is 290 g/mol. The summed E-state index contributed by atoms with van der Waals surface area (Å²) in [6.45, 7) is 1.39. The van der Waals surface area contributed by atoms with Crippen molar-refractivity contribution in [3.63, 3.8) is 0 Å². The molecule has 6 heteroatoms. The number of hydroxylamine groups is 1. The maximum Gasteiger partial charge on any atom is 0.172 e. The van der Waals surface area contributed by atoms with Crippen LogP contribution in [0, 0.1) is 0 Å². The minimum atomic E-state index is 0.451. The number of hydrogen-bond acceptors (Lipinski definition) is 5. The van der Waals surface area contributed by atoms with Crippen molar-refractivity contribution in [2.24, 2.45) is 0 Å². The molecule has 1 aliphatic rings. The smallest absolute Gasteiger partial charge is 0.172 e. The molecule has 5 nitrogen and oxygen atoms in total.